The number of amides is 2. The van der Waals surface area contributed by atoms with Crippen molar-refractivity contribution in [1.29, 1.82) is 0 Å². The van der Waals surface area contributed by atoms with Gasteiger partial charge >= 0.3 is 0 Å². The first-order chi connectivity index (χ1) is 13.6. The van der Waals surface area contributed by atoms with Crippen molar-refractivity contribution in [2.75, 3.05) is 10.6 Å². The summed E-state index contributed by atoms with van der Waals surface area (Å²) in [7, 11) is 0. The molecule has 0 spiro atoms. The maximum Gasteiger partial charge on any atom is 0.240 e. The minimum absolute atomic E-state index is 0.0118. The normalized spacial score (nSPS) is 15.0. The molecule has 2 aromatic rings. The lowest BCUT2D eigenvalue weighted by molar-refractivity contribution is -0.131. The highest BCUT2D eigenvalue weighted by molar-refractivity contribution is 6.17. The van der Waals surface area contributed by atoms with E-state index in [0.29, 0.717) is 30.0 Å². The number of ether oxygens (including phenoxy) is 1. The quantitative estimate of drug-likeness (QED) is 0.668. The molecule has 1 aliphatic rings. The molecule has 2 N–H and O–H groups in total. The molecule has 154 valence electrons. The van der Waals surface area contributed by atoms with E-state index in [1.54, 1.807) is 6.07 Å². The largest absolute Gasteiger partial charge is 0.489 e. The van der Waals surface area contributed by atoms with Crippen LogP contribution in [-0.2, 0) is 15.0 Å². The zero-order chi connectivity index (χ0) is 21.2. The molecule has 1 saturated carbocycles. The Bertz CT molecular complexity index is 891. The number of rotatable bonds is 6. The molecule has 2 amide bonds. The Morgan fingerprint density at radius 1 is 0.931 bits per heavy atom. The number of carbonyl (C=O) groups is 2. The van der Waals surface area contributed by atoms with Gasteiger partial charge in [0.25, 0.3) is 0 Å². The van der Waals surface area contributed by atoms with Gasteiger partial charge in [0.2, 0.25) is 11.8 Å². The summed E-state index contributed by atoms with van der Waals surface area (Å²) in [5, 5.41) is 5.80. The lowest BCUT2D eigenvalue weighted by Gasteiger charge is -2.20. The van der Waals surface area contributed by atoms with E-state index in [1.807, 2.05) is 56.3 Å². The van der Waals surface area contributed by atoms with E-state index in [1.165, 1.54) is 5.56 Å². The molecule has 1 aliphatic carbocycles. The van der Waals surface area contributed by atoms with E-state index in [0.717, 1.165) is 0 Å². The van der Waals surface area contributed by atoms with Crippen molar-refractivity contribution in [1.82, 2.24) is 0 Å². The predicted molar refractivity (Wildman–Crippen MR) is 116 cm³/mol. The highest BCUT2D eigenvalue weighted by Gasteiger charge is 2.56. The van der Waals surface area contributed by atoms with E-state index in [2.05, 4.69) is 31.4 Å². The molecule has 0 aromatic heterocycles. The van der Waals surface area contributed by atoms with Crippen LogP contribution < -0.4 is 15.4 Å². The second-order valence-electron chi connectivity index (χ2n) is 8.98. The number of nitrogens with one attached hydrogen (secondary N) is 2. The summed E-state index contributed by atoms with van der Waals surface area (Å²) in [5.74, 6) is 0.0479. The van der Waals surface area contributed by atoms with Gasteiger partial charge in [0.15, 0.2) is 0 Å². The molecule has 29 heavy (non-hydrogen) atoms. The van der Waals surface area contributed by atoms with Gasteiger partial charge in [-0.1, -0.05) is 45.0 Å². The van der Waals surface area contributed by atoms with Crippen LogP contribution >= 0.6 is 0 Å². The van der Waals surface area contributed by atoms with Gasteiger partial charge in [-0.05, 0) is 61.9 Å². The third kappa shape index (κ3) is 4.78. The summed E-state index contributed by atoms with van der Waals surface area (Å²) in [6, 6.07) is 15.1. The van der Waals surface area contributed by atoms with Crippen molar-refractivity contribution >= 4 is 23.2 Å². The van der Waals surface area contributed by atoms with Crippen molar-refractivity contribution in [2.45, 2.75) is 59.0 Å². The lowest BCUT2D eigenvalue weighted by Crippen LogP contribution is -2.35. The SMILES string of the molecule is CC(C)Oc1ccccc1NC(=O)C1(C(=O)Nc2ccc(C(C)(C)C)cc2)CC1. The highest BCUT2D eigenvalue weighted by Crippen LogP contribution is 2.48. The number of anilines is 2. The molecular formula is C24H30N2O3. The topological polar surface area (TPSA) is 67.4 Å². The zero-order valence-electron chi connectivity index (χ0n) is 17.8. The van der Waals surface area contributed by atoms with Gasteiger partial charge < -0.3 is 15.4 Å². The van der Waals surface area contributed by atoms with Gasteiger partial charge in [-0.2, -0.15) is 0 Å². The molecule has 1 fully saturated rings. The van der Waals surface area contributed by atoms with Crippen molar-refractivity contribution < 1.29 is 14.3 Å². The first-order valence-electron chi connectivity index (χ1n) is 10.1. The average Bonchev–Trinajstić information content (AvgIpc) is 3.45. The van der Waals surface area contributed by atoms with E-state index >= 15 is 0 Å². The summed E-state index contributed by atoms with van der Waals surface area (Å²) in [6.07, 6.45) is 1.07. The minimum atomic E-state index is -1.02. The predicted octanol–water partition coefficient (Wildman–Crippen LogP) is 5.13. The third-order valence-electron chi connectivity index (χ3n) is 5.13. The van der Waals surface area contributed by atoms with E-state index in [9.17, 15) is 9.59 Å². The van der Waals surface area contributed by atoms with Gasteiger partial charge in [0.05, 0.1) is 11.8 Å². The zero-order valence-corrected chi connectivity index (χ0v) is 17.8. The first kappa shape index (κ1) is 20.9. The van der Waals surface area contributed by atoms with Gasteiger partial charge in [0, 0.05) is 5.69 Å². The number of hydrogen-bond donors (Lipinski definition) is 2. The molecule has 0 heterocycles. The highest BCUT2D eigenvalue weighted by atomic mass is 16.5. The Morgan fingerprint density at radius 2 is 1.52 bits per heavy atom. The van der Waals surface area contributed by atoms with Crippen LogP contribution in [0.1, 0.15) is 53.0 Å². The molecule has 0 bridgehead atoms. The molecule has 0 unspecified atom stereocenters. The van der Waals surface area contributed by atoms with Gasteiger partial charge in [-0.25, -0.2) is 0 Å². The molecule has 5 nitrogen and oxygen atoms in total. The Balaban J connectivity index is 1.69. The fourth-order valence-electron chi connectivity index (χ4n) is 3.16. The van der Waals surface area contributed by atoms with E-state index in [-0.39, 0.29) is 23.3 Å². The van der Waals surface area contributed by atoms with Gasteiger partial charge in [-0.3, -0.25) is 9.59 Å². The van der Waals surface area contributed by atoms with Crippen LogP contribution in [0, 0.1) is 5.41 Å². The molecule has 5 heteroatoms. The molecular weight excluding hydrogens is 364 g/mol. The van der Waals surface area contributed by atoms with Crippen LogP contribution in [-0.4, -0.2) is 17.9 Å². The van der Waals surface area contributed by atoms with Crippen LogP contribution in [0.5, 0.6) is 5.75 Å². The number of hydrogen-bond acceptors (Lipinski definition) is 3. The summed E-state index contributed by atoms with van der Waals surface area (Å²) in [4.78, 5) is 25.8. The van der Waals surface area contributed by atoms with Crippen LogP contribution in [0.25, 0.3) is 0 Å². The minimum Gasteiger partial charge on any atom is -0.489 e. The Kier molecular flexibility index (Phi) is 5.69. The van der Waals surface area contributed by atoms with E-state index < -0.39 is 5.41 Å². The maximum atomic E-state index is 12.9. The van der Waals surface area contributed by atoms with E-state index in [4.69, 9.17) is 4.74 Å². The van der Waals surface area contributed by atoms with Crippen LogP contribution in [0.4, 0.5) is 11.4 Å². The van der Waals surface area contributed by atoms with Crippen LogP contribution in [0.15, 0.2) is 48.5 Å². The first-order valence-corrected chi connectivity index (χ1v) is 10.1. The number of benzene rings is 2. The second kappa shape index (κ2) is 7.90. The lowest BCUT2D eigenvalue weighted by atomic mass is 9.87. The smallest absolute Gasteiger partial charge is 0.240 e. The van der Waals surface area contributed by atoms with Crippen molar-refractivity contribution in [2.24, 2.45) is 5.41 Å². The Morgan fingerprint density at radius 3 is 2.07 bits per heavy atom. The molecule has 0 saturated heterocycles. The summed E-state index contributed by atoms with van der Waals surface area (Å²) >= 11 is 0. The monoisotopic (exact) mass is 394 g/mol. The van der Waals surface area contributed by atoms with Crippen molar-refractivity contribution in [3.8, 4) is 5.75 Å². The average molecular weight is 395 g/mol. The third-order valence-corrected chi connectivity index (χ3v) is 5.13. The number of para-hydroxylation sites is 2. The standard InChI is InChI=1S/C24H30N2O3/c1-16(2)29-20-9-7-6-8-19(20)26-22(28)24(14-15-24)21(27)25-18-12-10-17(11-13-18)23(3,4)5/h6-13,16H,14-15H2,1-5H3,(H,25,27)(H,26,28). The second-order valence-corrected chi connectivity index (χ2v) is 8.98. The maximum absolute atomic E-state index is 12.9. The Labute approximate surface area is 172 Å². The fraction of sp³-hybridized carbons (Fsp3) is 0.417. The molecule has 3 rings (SSSR count). The molecule has 0 atom stereocenters. The summed E-state index contributed by atoms with van der Waals surface area (Å²) < 4.78 is 5.76. The summed E-state index contributed by atoms with van der Waals surface area (Å²) in [5.41, 5.74) is 1.50. The van der Waals surface area contributed by atoms with Crippen molar-refractivity contribution in [3.63, 3.8) is 0 Å². The molecule has 0 radical (unpaired) electrons. The number of carbonyl (C=O) groups excluding carboxylic acids is 2. The Hall–Kier alpha value is -2.82. The summed E-state index contributed by atoms with van der Waals surface area (Å²) in [6.45, 7) is 10.3. The van der Waals surface area contributed by atoms with Crippen LogP contribution in [0.2, 0.25) is 0 Å². The van der Waals surface area contributed by atoms with Crippen molar-refractivity contribution in [3.05, 3.63) is 54.1 Å². The molecule has 2 aromatic carbocycles. The van der Waals surface area contributed by atoms with Gasteiger partial charge in [-0.15, -0.1) is 0 Å². The van der Waals surface area contributed by atoms with Gasteiger partial charge in [0.1, 0.15) is 11.2 Å². The molecule has 0 aliphatic heterocycles. The van der Waals surface area contributed by atoms with Crippen LogP contribution in [0.3, 0.4) is 0 Å². The fourth-order valence-corrected chi connectivity index (χ4v) is 3.16.